The van der Waals surface area contributed by atoms with Crippen LogP contribution in [-0.4, -0.2) is 43.2 Å². The highest BCUT2D eigenvalue weighted by molar-refractivity contribution is 5.77. The van der Waals surface area contributed by atoms with E-state index in [9.17, 15) is 4.79 Å². The molecule has 6 heteroatoms. The minimum absolute atomic E-state index is 0.129. The predicted octanol–water partition coefficient (Wildman–Crippen LogP) is 2.84. The molecule has 1 saturated heterocycles. The van der Waals surface area contributed by atoms with Crippen LogP contribution in [0.2, 0.25) is 0 Å². The first kappa shape index (κ1) is 16.6. The van der Waals surface area contributed by atoms with Crippen molar-refractivity contribution in [3.8, 4) is 11.4 Å². The third-order valence-electron chi connectivity index (χ3n) is 4.96. The number of likely N-dealkylation sites (tertiary alicyclic amines) is 1. The lowest BCUT2D eigenvalue weighted by atomic mass is 10.2. The number of carbonyl (C=O) groups is 1. The summed E-state index contributed by atoms with van der Waals surface area (Å²) in [6.45, 7) is 5.88. The quantitative estimate of drug-likeness (QED) is 0.728. The van der Waals surface area contributed by atoms with Crippen molar-refractivity contribution in [1.29, 1.82) is 0 Å². The highest BCUT2D eigenvalue weighted by atomic mass is 16.2. The van der Waals surface area contributed by atoms with Gasteiger partial charge in [-0.2, -0.15) is 5.10 Å². The maximum Gasteiger partial charge on any atom is 0.242 e. The molecule has 0 radical (unpaired) electrons. The van der Waals surface area contributed by atoms with Gasteiger partial charge in [-0.3, -0.25) is 9.48 Å². The molecule has 0 N–H and O–H groups in total. The van der Waals surface area contributed by atoms with Gasteiger partial charge in [0.25, 0.3) is 0 Å². The van der Waals surface area contributed by atoms with Crippen LogP contribution in [0.5, 0.6) is 0 Å². The number of hydrogen-bond acceptors (Lipinski definition) is 3. The molecule has 2 aromatic heterocycles. The Morgan fingerprint density at radius 1 is 1.23 bits per heavy atom. The molecule has 0 saturated carbocycles. The summed E-state index contributed by atoms with van der Waals surface area (Å²) in [5.41, 5.74) is 3.20. The normalized spacial score (nSPS) is 17.0. The first-order chi connectivity index (χ1) is 12.6. The highest BCUT2D eigenvalue weighted by Gasteiger charge is 2.29. The van der Waals surface area contributed by atoms with Crippen LogP contribution in [0, 0.1) is 13.8 Å². The fraction of sp³-hybridized carbons (Fsp3) is 0.350. The number of hydrogen-bond donors (Lipinski definition) is 0. The van der Waals surface area contributed by atoms with E-state index in [0.717, 1.165) is 42.3 Å². The number of nitrogens with zero attached hydrogens (tertiary/aromatic N) is 5. The van der Waals surface area contributed by atoms with Crippen LogP contribution in [0.1, 0.15) is 23.9 Å². The first-order valence-corrected chi connectivity index (χ1v) is 8.99. The third-order valence-corrected chi connectivity index (χ3v) is 4.96. The second-order valence-electron chi connectivity index (χ2n) is 6.90. The Kier molecular flexibility index (Phi) is 4.32. The average molecular weight is 349 g/mol. The molecule has 6 nitrogen and oxygen atoms in total. The average Bonchev–Trinajstić information content (AvgIpc) is 3.35. The number of imidazole rings is 1. The SMILES string of the molecule is Cc1cc(C)n([C@H]2CCN(C(=O)Cn3ccnc3-c3ccccc3)C2)n1. The lowest BCUT2D eigenvalue weighted by molar-refractivity contribution is -0.130. The van der Waals surface area contributed by atoms with Gasteiger partial charge in [-0.25, -0.2) is 4.98 Å². The van der Waals surface area contributed by atoms with Gasteiger partial charge < -0.3 is 9.47 Å². The van der Waals surface area contributed by atoms with Crippen LogP contribution in [0.4, 0.5) is 0 Å². The van der Waals surface area contributed by atoms with Crippen molar-refractivity contribution in [2.24, 2.45) is 0 Å². The van der Waals surface area contributed by atoms with Crippen LogP contribution < -0.4 is 0 Å². The van der Waals surface area contributed by atoms with E-state index in [2.05, 4.69) is 27.8 Å². The Bertz CT molecular complexity index is 911. The molecule has 134 valence electrons. The summed E-state index contributed by atoms with van der Waals surface area (Å²) < 4.78 is 3.99. The van der Waals surface area contributed by atoms with E-state index in [1.807, 2.05) is 52.9 Å². The molecule has 0 bridgehead atoms. The van der Waals surface area contributed by atoms with E-state index in [0.29, 0.717) is 6.54 Å². The number of aryl methyl sites for hydroxylation is 2. The number of rotatable bonds is 4. The first-order valence-electron chi connectivity index (χ1n) is 8.99. The van der Waals surface area contributed by atoms with Crippen molar-refractivity contribution in [3.63, 3.8) is 0 Å². The molecule has 1 atom stereocenters. The summed E-state index contributed by atoms with van der Waals surface area (Å²) in [4.78, 5) is 19.2. The van der Waals surface area contributed by atoms with Gasteiger partial charge in [-0.1, -0.05) is 30.3 Å². The molecule has 3 heterocycles. The van der Waals surface area contributed by atoms with E-state index < -0.39 is 0 Å². The van der Waals surface area contributed by atoms with Crippen molar-refractivity contribution in [1.82, 2.24) is 24.2 Å². The molecule has 3 aromatic rings. The summed E-state index contributed by atoms with van der Waals surface area (Å²) >= 11 is 0. The molecule has 1 aliphatic rings. The number of carbonyl (C=O) groups excluding carboxylic acids is 1. The van der Waals surface area contributed by atoms with Gasteiger partial charge >= 0.3 is 0 Å². The summed E-state index contributed by atoms with van der Waals surface area (Å²) in [5.74, 6) is 0.956. The van der Waals surface area contributed by atoms with Crippen LogP contribution in [0.15, 0.2) is 48.8 Å². The Balaban J connectivity index is 1.45. The van der Waals surface area contributed by atoms with Crippen molar-refractivity contribution in [3.05, 3.63) is 60.2 Å². The summed E-state index contributed by atoms with van der Waals surface area (Å²) in [5, 5.41) is 4.58. The largest absolute Gasteiger partial charge is 0.339 e. The van der Waals surface area contributed by atoms with Gasteiger partial charge in [0, 0.05) is 36.7 Å². The van der Waals surface area contributed by atoms with Gasteiger partial charge in [-0.15, -0.1) is 0 Å². The Morgan fingerprint density at radius 3 is 2.77 bits per heavy atom. The molecule has 0 aliphatic carbocycles. The topological polar surface area (TPSA) is 56.0 Å². The van der Waals surface area contributed by atoms with Crippen LogP contribution in [0.3, 0.4) is 0 Å². The number of aromatic nitrogens is 4. The smallest absolute Gasteiger partial charge is 0.242 e. The van der Waals surface area contributed by atoms with E-state index in [4.69, 9.17) is 0 Å². The predicted molar refractivity (Wildman–Crippen MR) is 99.6 cm³/mol. The third kappa shape index (κ3) is 3.14. The Hall–Kier alpha value is -2.89. The summed E-state index contributed by atoms with van der Waals surface area (Å²) in [7, 11) is 0. The molecule has 4 rings (SSSR count). The van der Waals surface area contributed by atoms with Crippen LogP contribution in [0.25, 0.3) is 11.4 Å². The van der Waals surface area contributed by atoms with Crippen LogP contribution >= 0.6 is 0 Å². The molecular weight excluding hydrogens is 326 g/mol. The van der Waals surface area contributed by atoms with Crippen molar-refractivity contribution in [2.75, 3.05) is 13.1 Å². The maximum atomic E-state index is 12.8. The zero-order chi connectivity index (χ0) is 18.1. The van der Waals surface area contributed by atoms with Crippen LogP contribution in [-0.2, 0) is 11.3 Å². The van der Waals surface area contributed by atoms with Crippen molar-refractivity contribution in [2.45, 2.75) is 32.9 Å². The van der Waals surface area contributed by atoms with E-state index >= 15 is 0 Å². The van der Waals surface area contributed by atoms with Gasteiger partial charge in [0.15, 0.2) is 0 Å². The molecular formula is C20H23N5O. The monoisotopic (exact) mass is 349 g/mol. The van der Waals surface area contributed by atoms with Gasteiger partial charge in [0.05, 0.1) is 11.7 Å². The molecule has 1 fully saturated rings. The fourth-order valence-electron chi connectivity index (χ4n) is 3.71. The van der Waals surface area contributed by atoms with E-state index in [-0.39, 0.29) is 11.9 Å². The number of benzene rings is 1. The zero-order valence-electron chi connectivity index (χ0n) is 15.2. The van der Waals surface area contributed by atoms with E-state index in [1.54, 1.807) is 6.20 Å². The second-order valence-corrected chi connectivity index (χ2v) is 6.90. The van der Waals surface area contributed by atoms with Gasteiger partial charge in [0.2, 0.25) is 5.91 Å². The van der Waals surface area contributed by atoms with Gasteiger partial charge in [-0.05, 0) is 26.3 Å². The maximum absolute atomic E-state index is 12.8. The highest BCUT2D eigenvalue weighted by Crippen LogP contribution is 2.24. The second kappa shape index (κ2) is 6.78. The minimum Gasteiger partial charge on any atom is -0.339 e. The standard InChI is InChI=1S/C20H23N5O/c1-15-12-16(2)25(22-15)18-8-10-23(13-18)19(26)14-24-11-9-21-20(24)17-6-4-3-5-7-17/h3-7,9,11-12,18H,8,10,13-14H2,1-2H3/t18-/m0/s1. The Morgan fingerprint density at radius 2 is 2.04 bits per heavy atom. The van der Waals surface area contributed by atoms with Gasteiger partial charge in [0.1, 0.15) is 12.4 Å². The summed E-state index contributed by atoms with van der Waals surface area (Å²) in [6.07, 6.45) is 4.57. The van der Waals surface area contributed by atoms with Crippen molar-refractivity contribution < 1.29 is 4.79 Å². The lowest BCUT2D eigenvalue weighted by Gasteiger charge is -2.18. The Labute approximate surface area is 153 Å². The molecule has 0 spiro atoms. The molecule has 1 aromatic carbocycles. The molecule has 1 aliphatic heterocycles. The zero-order valence-corrected chi connectivity index (χ0v) is 15.2. The fourth-order valence-corrected chi connectivity index (χ4v) is 3.71. The molecule has 0 unspecified atom stereocenters. The van der Waals surface area contributed by atoms with E-state index in [1.165, 1.54) is 0 Å². The lowest BCUT2D eigenvalue weighted by Crippen LogP contribution is -2.32. The minimum atomic E-state index is 0.129. The molecule has 26 heavy (non-hydrogen) atoms. The van der Waals surface area contributed by atoms with Crippen molar-refractivity contribution >= 4 is 5.91 Å². The number of amides is 1. The molecule has 1 amide bonds. The summed E-state index contributed by atoms with van der Waals surface area (Å²) in [6, 6.07) is 12.3.